The summed E-state index contributed by atoms with van der Waals surface area (Å²) in [5, 5.41) is 17.3. The van der Waals surface area contributed by atoms with Crippen molar-refractivity contribution in [1.29, 1.82) is 0 Å². The van der Waals surface area contributed by atoms with E-state index in [1.54, 1.807) is 19.1 Å². The third kappa shape index (κ3) is 1.25. The Morgan fingerprint density at radius 2 is 2.27 bits per heavy atom. The molecule has 0 atom stereocenters. The Bertz CT molecular complexity index is 277. The number of nitrogens with zero attached hydrogens (tertiary/aromatic N) is 1. The Morgan fingerprint density at radius 1 is 1.64 bits per heavy atom. The van der Waals surface area contributed by atoms with E-state index in [9.17, 15) is 4.79 Å². The van der Waals surface area contributed by atoms with Gasteiger partial charge in [-0.1, -0.05) is 0 Å². The zero-order valence-electron chi connectivity index (χ0n) is 6.11. The number of hydrogen-bond acceptors (Lipinski definition) is 2. The number of hydrogen-bond donors (Lipinski definition) is 2. The maximum Gasteiger partial charge on any atom is 0.416 e. The molecule has 0 bridgehead atoms. The topological polar surface area (TPSA) is 62.5 Å². The van der Waals surface area contributed by atoms with E-state index in [-0.39, 0.29) is 6.61 Å². The molecule has 0 amide bonds. The molecule has 0 fully saturated rings. The van der Waals surface area contributed by atoms with Crippen molar-refractivity contribution in [2.45, 2.75) is 13.5 Å². The summed E-state index contributed by atoms with van der Waals surface area (Å²) < 4.78 is 1.06. The zero-order chi connectivity index (χ0) is 8.43. The lowest BCUT2D eigenvalue weighted by Gasteiger charge is -2.01. The number of carboxylic acid groups (broad SMARTS) is 1. The molecule has 1 aromatic heterocycles. The van der Waals surface area contributed by atoms with E-state index in [1.165, 1.54) is 0 Å². The van der Waals surface area contributed by atoms with Crippen LogP contribution >= 0.6 is 0 Å². The smallest absolute Gasteiger partial charge is 0.416 e. The van der Waals surface area contributed by atoms with Gasteiger partial charge < -0.3 is 10.2 Å². The van der Waals surface area contributed by atoms with Crippen LogP contribution in [-0.4, -0.2) is 20.9 Å². The first kappa shape index (κ1) is 7.81. The molecule has 0 saturated carbocycles. The number of rotatable bonds is 1. The zero-order valence-corrected chi connectivity index (χ0v) is 6.11. The molecular formula is C7H9NO3. The van der Waals surface area contributed by atoms with Gasteiger partial charge in [0.1, 0.15) is 0 Å². The lowest BCUT2D eigenvalue weighted by atomic mass is 10.4. The first-order chi connectivity index (χ1) is 5.16. The van der Waals surface area contributed by atoms with Crippen molar-refractivity contribution in [1.82, 2.24) is 4.57 Å². The van der Waals surface area contributed by atoms with E-state index in [1.807, 2.05) is 0 Å². The lowest BCUT2D eigenvalue weighted by molar-refractivity contribution is 0.191. The molecule has 2 N–H and O–H groups in total. The van der Waals surface area contributed by atoms with Gasteiger partial charge in [-0.2, -0.15) is 0 Å². The molecule has 0 aliphatic heterocycles. The number of aryl methyl sites for hydroxylation is 1. The third-order valence-corrected chi connectivity index (χ3v) is 1.51. The second kappa shape index (κ2) is 2.75. The second-order valence-electron chi connectivity index (χ2n) is 2.24. The minimum atomic E-state index is -1.06. The number of aliphatic hydroxyl groups is 1. The van der Waals surface area contributed by atoms with E-state index in [0.29, 0.717) is 11.4 Å². The van der Waals surface area contributed by atoms with Crippen molar-refractivity contribution < 1.29 is 15.0 Å². The highest BCUT2D eigenvalue weighted by Gasteiger charge is 2.08. The lowest BCUT2D eigenvalue weighted by Crippen LogP contribution is -2.12. The molecule has 4 nitrogen and oxygen atoms in total. The van der Waals surface area contributed by atoms with Gasteiger partial charge in [0.25, 0.3) is 0 Å². The minimum absolute atomic E-state index is 0.250. The molecule has 0 radical (unpaired) electrons. The van der Waals surface area contributed by atoms with Gasteiger partial charge in [-0.3, -0.25) is 4.57 Å². The van der Waals surface area contributed by atoms with E-state index in [0.717, 1.165) is 4.57 Å². The first-order valence-electron chi connectivity index (χ1n) is 3.18. The molecule has 0 saturated heterocycles. The summed E-state index contributed by atoms with van der Waals surface area (Å²) in [6, 6.07) is 3.24. The fourth-order valence-corrected chi connectivity index (χ4v) is 0.990. The molecule has 0 aliphatic carbocycles. The summed E-state index contributed by atoms with van der Waals surface area (Å²) in [6.07, 6.45) is -1.06. The van der Waals surface area contributed by atoms with Gasteiger partial charge in [0.05, 0.1) is 12.3 Å². The highest BCUT2D eigenvalue weighted by molar-refractivity contribution is 5.70. The minimum Gasteiger partial charge on any atom is -0.464 e. The largest absolute Gasteiger partial charge is 0.464 e. The van der Waals surface area contributed by atoms with Gasteiger partial charge >= 0.3 is 6.09 Å². The van der Waals surface area contributed by atoms with Gasteiger partial charge in [0.2, 0.25) is 0 Å². The van der Waals surface area contributed by atoms with Gasteiger partial charge in [-0.15, -0.1) is 0 Å². The van der Waals surface area contributed by atoms with E-state index >= 15 is 0 Å². The fraction of sp³-hybridized carbons (Fsp3) is 0.286. The molecule has 0 unspecified atom stereocenters. The normalized spacial score (nSPS) is 10.0. The van der Waals surface area contributed by atoms with Crippen LogP contribution in [0.4, 0.5) is 4.79 Å². The molecule has 1 heterocycles. The van der Waals surface area contributed by atoms with Gasteiger partial charge in [-0.05, 0) is 19.1 Å². The summed E-state index contributed by atoms with van der Waals surface area (Å²) >= 11 is 0. The van der Waals surface area contributed by atoms with Crippen molar-refractivity contribution >= 4 is 6.09 Å². The van der Waals surface area contributed by atoms with Crippen LogP contribution in [0.1, 0.15) is 11.4 Å². The molecule has 11 heavy (non-hydrogen) atoms. The second-order valence-corrected chi connectivity index (χ2v) is 2.24. The molecular weight excluding hydrogens is 146 g/mol. The van der Waals surface area contributed by atoms with Crippen molar-refractivity contribution in [3.63, 3.8) is 0 Å². The van der Waals surface area contributed by atoms with Crippen molar-refractivity contribution in [2.24, 2.45) is 0 Å². The van der Waals surface area contributed by atoms with Crippen LogP contribution in [0.15, 0.2) is 12.1 Å². The van der Waals surface area contributed by atoms with E-state index in [2.05, 4.69) is 0 Å². The summed E-state index contributed by atoms with van der Waals surface area (Å²) in [4.78, 5) is 10.5. The monoisotopic (exact) mass is 155 g/mol. The molecule has 4 heteroatoms. The number of carbonyl (C=O) groups is 1. The van der Waals surface area contributed by atoms with Crippen LogP contribution in [-0.2, 0) is 6.61 Å². The number of aromatic nitrogens is 1. The highest BCUT2D eigenvalue weighted by Crippen LogP contribution is 2.07. The van der Waals surface area contributed by atoms with Crippen LogP contribution in [0.3, 0.4) is 0 Å². The van der Waals surface area contributed by atoms with Crippen LogP contribution in [0.25, 0.3) is 0 Å². The van der Waals surface area contributed by atoms with Crippen LogP contribution < -0.4 is 0 Å². The average molecular weight is 155 g/mol. The quantitative estimate of drug-likeness (QED) is 0.631. The highest BCUT2D eigenvalue weighted by atomic mass is 16.4. The predicted molar refractivity (Wildman–Crippen MR) is 38.5 cm³/mol. The van der Waals surface area contributed by atoms with E-state index < -0.39 is 6.09 Å². The SMILES string of the molecule is Cc1ccc(CO)n1C(=O)O. The van der Waals surface area contributed by atoms with E-state index in [4.69, 9.17) is 10.2 Å². The molecule has 1 rings (SSSR count). The Labute approximate surface area is 63.7 Å². The molecule has 1 aromatic rings. The molecule has 60 valence electrons. The summed E-state index contributed by atoms with van der Waals surface area (Å²) in [6.45, 7) is 1.42. The predicted octanol–water partition coefficient (Wildman–Crippen LogP) is 0.815. The Balaban J connectivity index is 3.17. The standard InChI is InChI=1S/C7H9NO3/c1-5-2-3-6(4-9)8(5)7(10)11/h2-3,9H,4H2,1H3,(H,10,11). The summed E-state index contributed by atoms with van der Waals surface area (Å²) in [7, 11) is 0. The molecule has 0 aromatic carbocycles. The Morgan fingerprint density at radius 3 is 2.64 bits per heavy atom. The third-order valence-electron chi connectivity index (χ3n) is 1.51. The maximum atomic E-state index is 10.5. The van der Waals surface area contributed by atoms with Gasteiger partial charge in [0, 0.05) is 5.69 Å². The Hall–Kier alpha value is -1.29. The van der Waals surface area contributed by atoms with Crippen molar-refractivity contribution in [3.05, 3.63) is 23.5 Å². The fourth-order valence-electron chi connectivity index (χ4n) is 0.990. The van der Waals surface area contributed by atoms with Crippen molar-refractivity contribution in [2.75, 3.05) is 0 Å². The summed E-state index contributed by atoms with van der Waals surface area (Å²) in [5.74, 6) is 0. The van der Waals surface area contributed by atoms with Gasteiger partial charge in [-0.25, -0.2) is 4.79 Å². The van der Waals surface area contributed by atoms with Crippen molar-refractivity contribution in [3.8, 4) is 0 Å². The molecule has 0 aliphatic rings. The van der Waals surface area contributed by atoms with Crippen LogP contribution in [0.5, 0.6) is 0 Å². The first-order valence-corrected chi connectivity index (χ1v) is 3.18. The summed E-state index contributed by atoms with van der Waals surface area (Å²) in [5.41, 5.74) is 1.01. The van der Waals surface area contributed by atoms with Gasteiger partial charge in [0.15, 0.2) is 0 Å². The van der Waals surface area contributed by atoms with Crippen LogP contribution in [0.2, 0.25) is 0 Å². The number of aliphatic hydroxyl groups excluding tert-OH is 1. The average Bonchev–Trinajstić information content (AvgIpc) is 2.30. The maximum absolute atomic E-state index is 10.5. The van der Waals surface area contributed by atoms with Crippen LogP contribution in [0, 0.1) is 6.92 Å². The Kier molecular flexibility index (Phi) is 1.96. The molecule has 0 spiro atoms.